The van der Waals surface area contributed by atoms with Crippen LogP contribution in [0.2, 0.25) is 0 Å². The van der Waals surface area contributed by atoms with E-state index in [-0.39, 0.29) is 23.0 Å². The van der Waals surface area contributed by atoms with Crippen LogP contribution >= 0.6 is 0 Å². The molecule has 2 aromatic carbocycles. The second-order valence-corrected chi connectivity index (χ2v) is 4.35. The number of nitrogens with one attached hydrogen (secondary N) is 1. The van der Waals surface area contributed by atoms with E-state index < -0.39 is 5.97 Å². The number of benzene rings is 2. The van der Waals surface area contributed by atoms with Crippen LogP contribution in [0.15, 0.2) is 18.2 Å². The van der Waals surface area contributed by atoms with Gasteiger partial charge in [-0.25, -0.2) is 0 Å². The third-order valence-corrected chi connectivity index (χ3v) is 3.09. The van der Waals surface area contributed by atoms with Crippen LogP contribution < -0.4 is 19.5 Å². The number of aromatic hydroxyl groups is 1. The summed E-state index contributed by atoms with van der Waals surface area (Å²) < 4.78 is 15.7. The summed E-state index contributed by atoms with van der Waals surface area (Å²) in [5.41, 5.74) is 0.804. The van der Waals surface area contributed by atoms with Crippen LogP contribution in [-0.2, 0) is 4.79 Å². The third kappa shape index (κ3) is 2.52. The van der Waals surface area contributed by atoms with Crippen molar-refractivity contribution in [2.45, 2.75) is 6.92 Å². The highest BCUT2D eigenvalue weighted by molar-refractivity contribution is 6.01. The highest BCUT2D eigenvalue weighted by Gasteiger charge is 2.23. The van der Waals surface area contributed by atoms with Crippen molar-refractivity contribution in [3.8, 4) is 23.0 Å². The van der Waals surface area contributed by atoms with Crippen LogP contribution in [0.25, 0.3) is 10.8 Å². The van der Waals surface area contributed by atoms with Crippen LogP contribution in [0.1, 0.15) is 6.92 Å². The first-order chi connectivity index (χ1) is 10.0. The molecule has 0 aliphatic rings. The fourth-order valence-electron chi connectivity index (χ4n) is 2.17. The van der Waals surface area contributed by atoms with Crippen LogP contribution in [-0.4, -0.2) is 32.3 Å². The number of anilines is 1. The minimum absolute atomic E-state index is 0.0719. The highest BCUT2D eigenvalue weighted by Crippen LogP contribution is 2.50. The largest absolute Gasteiger partial charge is 0.504 e. The van der Waals surface area contributed by atoms with Crippen molar-refractivity contribution >= 4 is 22.4 Å². The normalized spacial score (nSPS) is 10.3. The molecule has 0 amide bonds. The Morgan fingerprint density at radius 1 is 1.10 bits per heavy atom. The van der Waals surface area contributed by atoms with Gasteiger partial charge in [0.1, 0.15) is 0 Å². The zero-order valence-corrected chi connectivity index (χ0v) is 12.3. The van der Waals surface area contributed by atoms with E-state index in [4.69, 9.17) is 14.2 Å². The quantitative estimate of drug-likeness (QED) is 0.666. The summed E-state index contributed by atoms with van der Waals surface area (Å²) in [5.74, 6) is -0.0425. The van der Waals surface area contributed by atoms with Crippen molar-refractivity contribution in [2.75, 3.05) is 26.6 Å². The second-order valence-electron chi connectivity index (χ2n) is 4.35. The molecular weight excluding hydrogens is 274 g/mol. The van der Waals surface area contributed by atoms with E-state index in [1.807, 2.05) is 0 Å². The molecule has 0 aliphatic heterocycles. The first-order valence-electron chi connectivity index (χ1n) is 6.30. The summed E-state index contributed by atoms with van der Waals surface area (Å²) in [4.78, 5) is 11.3. The number of rotatable bonds is 4. The van der Waals surface area contributed by atoms with E-state index in [9.17, 15) is 9.90 Å². The molecule has 0 bridgehead atoms. The lowest BCUT2D eigenvalue weighted by Crippen LogP contribution is -2.05. The van der Waals surface area contributed by atoms with Crippen molar-refractivity contribution in [1.29, 1.82) is 0 Å². The number of phenols is 1. The van der Waals surface area contributed by atoms with Crippen molar-refractivity contribution in [3.63, 3.8) is 0 Å². The predicted molar refractivity (Wildman–Crippen MR) is 79.6 cm³/mol. The Bertz CT molecular complexity index is 696. The van der Waals surface area contributed by atoms with Gasteiger partial charge in [-0.15, -0.1) is 0 Å². The number of esters is 1. The van der Waals surface area contributed by atoms with E-state index in [1.165, 1.54) is 21.1 Å². The lowest BCUT2D eigenvalue weighted by Gasteiger charge is -2.17. The van der Waals surface area contributed by atoms with Gasteiger partial charge in [0.05, 0.1) is 14.2 Å². The fourth-order valence-corrected chi connectivity index (χ4v) is 2.17. The molecule has 2 aromatic rings. The Kier molecular flexibility index (Phi) is 4.07. The Morgan fingerprint density at radius 2 is 1.76 bits per heavy atom. The number of carbonyl (C=O) groups excluding carboxylic acids is 1. The van der Waals surface area contributed by atoms with E-state index in [0.717, 1.165) is 5.69 Å². The van der Waals surface area contributed by atoms with Crippen LogP contribution in [0.3, 0.4) is 0 Å². The topological polar surface area (TPSA) is 77.0 Å². The molecule has 0 fully saturated rings. The summed E-state index contributed by atoms with van der Waals surface area (Å²) in [6, 6.07) is 5.28. The molecule has 0 saturated heterocycles. The van der Waals surface area contributed by atoms with Gasteiger partial charge in [-0.1, -0.05) is 0 Å². The predicted octanol–water partition coefficient (Wildman–Crippen LogP) is 2.53. The molecule has 0 radical (unpaired) electrons. The second kappa shape index (κ2) is 5.78. The summed E-state index contributed by atoms with van der Waals surface area (Å²) in [7, 11) is 4.59. The molecule has 6 heteroatoms. The molecule has 112 valence electrons. The molecule has 0 spiro atoms. The number of hydrogen-bond donors (Lipinski definition) is 2. The monoisotopic (exact) mass is 291 g/mol. The van der Waals surface area contributed by atoms with Crippen LogP contribution in [0, 0.1) is 0 Å². The maximum absolute atomic E-state index is 11.3. The zero-order valence-electron chi connectivity index (χ0n) is 12.3. The van der Waals surface area contributed by atoms with Crippen molar-refractivity contribution < 1.29 is 24.1 Å². The Hall–Kier alpha value is -2.63. The fraction of sp³-hybridized carbons (Fsp3) is 0.267. The number of ether oxygens (including phenoxy) is 3. The molecule has 0 atom stereocenters. The molecule has 0 heterocycles. The minimum atomic E-state index is -0.486. The standard InChI is InChI=1S/C15H17NO5/c1-8(17)21-13-10-6-5-9(16-2)7-11(10)12(18)14(19-3)15(13)20-4/h5-7,16,18H,1-4H3. The summed E-state index contributed by atoms with van der Waals surface area (Å²) >= 11 is 0. The lowest BCUT2D eigenvalue weighted by atomic mass is 10.1. The maximum atomic E-state index is 11.3. The van der Waals surface area contributed by atoms with Gasteiger partial charge < -0.3 is 24.6 Å². The number of carbonyl (C=O) groups is 1. The first-order valence-corrected chi connectivity index (χ1v) is 6.30. The molecule has 21 heavy (non-hydrogen) atoms. The first kappa shape index (κ1) is 14.8. The minimum Gasteiger partial charge on any atom is -0.504 e. The number of fused-ring (bicyclic) bond motifs is 1. The van der Waals surface area contributed by atoms with Gasteiger partial charge in [0.15, 0.2) is 11.5 Å². The van der Waals surface area contributed by atoms with E-state index in [0.29, 0.717) is 10.8 Å². The molecule has 2 N–H and O–H groups in total. The Morgan fingerprint density at radius 3 is 2.29 bits per heavy atom. The molecule has 6 nitrogen and oxygen atoms in total. The number of hydrogen-bond acceptors (Lipinski definition) is 6. The molecular formula is C15H17NO5. The van der Waals surface area contributed by atoms with Gasteiger partial charge in [-0.3, -0.25) is 4.79 Å². The van der Waals surface area contributed by atoms with Crippen molar-refractivity contribution in [3.05, 3.63) is 18.2 Å². The maximum Gasteiger partial charge on any atom is 0.308 e. The average molecular weight is 291 g/mol. The molecule has 0 unspecified atom stereocenters. The van der Waals surface area contributed by atoms with Gasteiger partial charge in [0, 0.05) is 30.4 Å². The molecule has 0 saturated carbocycles. The number of methoxy groups -OCH3 is 2. The lowest BCUT2D eigenvalue weighted by molar-refractivity contribution is -0.131. The number of phenolic OH excluding ortho intramolecular Hbond substituents is 1. The summed E-state index contributed by atoms with van der Waals surface area (Å²) in [6.07, 6.45) is 0. The van der Waals surface area contributed by atoms with E-state index in [2.05, 4.69) is 5.32 Å². The average Bonchev–Trinajstić information content (AvgIpc) is 2.48. The van der Waals surface area contributed by atoms with Gasteiger partial charge in [0.2, 0.25) is 11.5 Å². The molecule has 0 aromatic heterocycles. The van der Waals surface area contributed by atoms with E-state index in [1.54, 1.807) is 25.2 Å². The zero-order chi connectivity index (χ0) is 15.6. The van der Waals surface area contributed by atoms with Gasteiger partial charge in [-0.05, 0) is 18.2 Å². The van der Waals surface area contributed by atoms with Gasteiger partial charge in [0.25, 0.3) is 0 Å². The Balaban J connectivity index is 2.88. The molecule has 0 aliphatic carbocycles. The van der Waals surface area contributed by atoms with Crippen LogP contribution in [0.4, 0.5) is 5.69 Å². The highest BCUT2D eigenvalue weighted by atomic mass is 16.6. The summed E-state index contributed by atoms with van der Waals surface area (Å²) in [6.45, 7) is 1.30. The Labute approximate surface area is 122 Å². The van der Waals surface area contributed by atoms with Gasteiger partial charge >= 0.3 is 5.97 Å². The third-order valence-electron chi connectivity index (χ3n) is 3.09. The smallest absolute Gasteiger partial charge is 0.308 e. The van der Waals surface area contributed by atoms with Crippen LogP contribution in [0.5, 0.6) is 23.0 Å². The van der Waals surface area contributed by atoms with E-state index >= 15 is 0 Å². The SMILES string of the molecule is CNc1ccc2c(OC(C)=O)c(OC)c(OC)c(O)c2c1. The van der Waals surface area contributed by atoms with Crippen molar-refractivity contribution in [2.24, 2.45) is 0 Å². The molecule has 2 rings (SSSR count). The summed E-state index contributed by atoms with van der Waals surface area (Å²) in [5, 5.41) is 14.4. The van der Waals surface area contributed by atoms with Gasteiger partial charge in [-0.2, -0.15) is 0 Å². The van der Waals surface area contributed by atoms with Crippen molar-refractivity contribution in [1.82, 2.24) is 0 Å².